The van der Waals surface area contributed by atoms with E-state index in [1.54, 1.807) is 13.8 Å². The molecule has 0 saturated heterocycles. The smallest absolute Gasteiger partial charge is 0.264 e. The lowest BCUT2D eigenvalue weighted by Gasteiger charge is -2.14. The minimum atomic E-state index is -4.26. The van der Waals surface area contributed by atoms with Crippen LogP contribution in [0.1, 0.15) is 11.1 Å². The van der Waals surface area contributed by atoms with Gasteiger partial charge in [-0.15, -0.1) is 0 Å². The minimum absolute atomic E-state index is 0.374. The summed E-state index contributed by atoms with van der Waals surface area (Å²) in [6.07, 6.45) is 0. The van der Waals surface area contributed by atoms with Crippen LogP contribution in [0.3, 0.4) is 0 Å². The molecule has 2 aromatic rings. The predicted octanol–water partition coefficient (Wildman–Crippen LogP) is 2.80. The molecule has 0 bridgehead atoms. The molecule has 0 fully saturated rings. The predicted molar refractivity (Wildman–Crippen MR) is 71.4 cm³/mol. The summed E-state index contributed by atoms with van der Waals surface area (Å²) in [5.41, 5.74) is 1.26. The SMILES string of the molecule is Cc1ccc(P(=O)(O)c2ccc(C)cc2F)c(F)c1. The lowest BCUT2D eigenvalue weighted by molar-refractivity contribution is 0.496. The summed E-state index contributed by atoms with van der Waals surface area (Å²) >= 11 is 0. The van der Waals surface area contributed by atoms with Crippen molar-refractivity contribution in [3.63, 3.8) is 0 Å². The van der Waals surface area contributed by atoms with E-state index in [-0.39, 0.29) is 10.6 Å². The average molecular weight is 282 g/mol. The Balaban J connectivity index is 2.61. The van der Waals surface area contributed by atoms with Crippen LogP contribution in [0.25, 0.3) is 0 Å². The van der Waals surface area contributed by atoms with Crippen molar-refractivity contribution < 1.29 is 18.2 Å². The van der Waals surface area contributed by atoms with E-state index < -0.39 is 19.0 Å². The number of benzene rings is 2. The van der Waals surface area contributed by atoms with Gasteiger partial charge in [0.2, 0.25) is 0 Å². The number of hydrogen-bond acceptors (Lipinski definition) is 1. The standard InChI is InChI=1S/C14H13F2O2P/c1-9-3-5-13(11(15)7-9)19(17,18)14-6-4-10(2)8-12(14)16/h3-8H,1-2H3,(H,17,18). The number of halogens is 2. The van der Waals surface area contributed by atoms with Gasteiger partial charge in [0, 0.05) is 0 Å². The molecule has 5 heteroatoms. The van der Waals surface area contributed by atoms with Gasteiger partial charge in [0.15, 0.2) is 0 Å². The first-order valence-electron chi connectivity index (χ1n) is 5.68. The van der Waals surface area contributed by atoms with Crippen LogP contribution in [0.5, 0.6) is 0 Å². The van der Waals surface area contributed by atoms with E-state index in [0.29, 0.717) is 11.1 Å². The van der Waals surface area contributed by atoms with Gasteiger partial charge in [0.25, 0.3) is 7.37 Å². The van der Waals surface area contributed by atoms with Crippen molar-refractivity contribution in [2.45, 2.75) is 13.8 Å². The van der Waals surface area contributed by atoms with Gasteiger partial charge in [-0.25, -0.2) is 8.78 Å². The molecule has 0 aliphatic rings. The molecule has 0 heterocycles. The third-order valence-corrected chi connectivity index (χ3v) is 4.89. The van der Waals surface area contributed by atoms with Crippen LogP contribution >= 0.6 is 7.37 Å². The molecule has 100 valence electrons. The fraction of sp³-hybridized carbons (Fsp3) is 0.143. The number of hydrogen-bond donors (Lipinski definition) is 1. The van der Waals surface area contributed by atoms with Crippen molar-refractivity contribution in [1.29, 1.82) is 0 Å². The minimum Gasteiger partial charge on any atom is -0.338 e. The fourth-order valence-corrected chi connectivity index (χ4v) is 3.37. The van der Waals surface area contributed by atoms with E-state index in [4.69, 9.17) is 0 Å². The maximum absolute atomic E-state index is 13.8. The summed E-state index contributed by atoms with van der Waals surface area (Å²) in [4.78, 5) is 10.1. The zero-order valence-electron chi connectivity index (χ0n) is 10.5. The molecule has 0 saturated carbocycles. The highest BCUT2D eigenvalue weighted by Gasteiger charge is 2.30. The first-order chi connectivity index (χ1) is 8.82. The van der Waals surface area contributed by atoms with Gasteiger partial charge in [-0.05, 0) is 49.2 Å². The van der Waals surface area contributed by atoms with Gasteiger partial charge in [0.05, 0.1) is 10.6 Å². The summed E-state index contributed by atoms with van der Waals surface area (Å²) in [6.45, 7) is 3.34. The lowest BCUT2D eigenvalue weighted by atomic mass is 10.2. The third-order valence-electron chi connectivity index (χ3n) is 2.86. The average Bonchev–Trinajstić information content (AvgIpc) is 2.27. The van der Waals surface area contributed by atoms with Crippen molar-refractivity contribution in [1.82, 2.24) is 0 Å². The Kier molecular flexibility index (Phi) is 3.57. The highest BCUT2D eigenvalue weighted by molar-refractivity contribution is 7.73. The van der Waals surface area contributed by atoms with Crippen LogP contribution in [0.2, 0.25) is 0 Å². The van der Waals surface area contributed by atoms with Crippen molar-refractivity contribution in [3.8, 4) is 0 Å². The Labute approximate surface area is 110 Å². The Morgan fingerprint density at radius 1 is 0.895 bits per heavy atom. The lowest BCUT2D eigenvalue weighted by Crippen LogP contribution is -2.21. The molecule has 1 N–H and O–H groups in total. The zero-order chi connectivity index (χ0) is 14.2. The zero-order valence-corrected chi connectivity index (χ0v) is 11.4. The van der Waals surface area contributed by atoms with E-state index in [1.165, 1.54) is 24.3 Å². The molecule has 0 amide bonds. The van der Waals surface area contributed by atoms with Crippen LogP contribution in [-0.2, 0) is 4.57 Å². The molecule has 0 aliphatic carbocycles. The molecule has 0 radical (unpaired) electrons. The van der Waals surface area contributed by atoms with Gasteiger partial charge < -0.3 is 4.89 Å². The number of rotatable bonds is 2. The Morgan fingerprint density at radius 3 is 1.58 bits per heavy atom. The molecule has 0 spiro atoms. The maximum atomic E-state index is 13.8. The summed E-state index contributed by atoms with van der Waals surface area (Å²) in [5.74, 6) is -1.60. The van der Waals surface area contributed by atoms with Crippen molar-refractivity contribution in [2.75, 3.05) is 0 Å². The summed E-state index contributed by atoms with van der Waals surface area (Å²) in [5, 5.41) is -0.748. The van der Waals surface area contributed by atoms with Crippen LogP contribution in [0.4, 0.5) is 8.78 Å². The summed E-state index contributed by atoms with van der Waals surface area (Å²) in [6, 6.07) is 7.81. The molecule has 2 nitrogen and oxygen atoms in total. The van der Waals surface area contributed by atoms with E-state index in [2.05, 4.69) is 0 Å². The van der Waals surface area contributed by atoms with Crippen LogP contribution in [0.15, 0.2) is 36.4 Å². The highest BCUT2D eigenvalue weighted by Crippen LogP contribution is 2.40. The van der Waals surface area contributed by atoms with Gasteiger partial charge in [-0.3, -0.25) is 4.57 Å². The topological polar surface area (TPSA) is 37.3 Å². The fourth-order valence-electron chi connectivity index (χ4n) is 1.85. The molecule has 2 aromatic carbocycles. The monoisotopic (exact) mass is 282 g/mol. The normalized spacial score (nSPS) is 11.6. The quantitative estimate of drug-likeness (QED) is 0.860. The molecule has 0 aromatic heterocycles. The highest BCUT2D eigenvalue weighted by atomic mass is 31.2. The van der Waals surface area contributed by atoms with Crippen LogP contribution < -0.4 is 10.6 Å². The Hall–Kier alpha value is -1.51. The van der Waals surface area contributed by atoms with E-state index >= 15 is 0 Å². The van der Waals surface area contributed by atoms with Crippen LogP contribution in [0, 0.1) is 25.5 Å². The van der Waals surface area contributed by atoms with Crippen molar-refractivity contribution in [2.24, 2.45) is 0 Å². The van der Waals surface area contributed by atoms with Gasteiger partial charge in [-0.2, -0.15) is 0 Å². The second-order valence-corrected chi connectivity index (χ2v) is 6.60. The molecule has 0 atom stereocenters. The van der Waals surface area contributed by atoms with Crippen molar-refractivity contribution >= 4 is 18.0 Å². The third kappa shape index (κ3) is 2.60. The Bertz CT molecular complexity index is 628. The molecule has 0 unspecified atom stereocenters. The molecule has 2 rings (SSSR count). The van der Waals surface area contributed by atoms with E-state index in [1.807, 2.05) is 0 Å². The second-order valence-electron chi connectivity index (χ2n) is 4.49. The summed E-state index contributed by atoms with van der Waals surface area (Å²) < 4.78 is 39.9. The van der Waals surface area contributed by atoms with Crippen molar-refractivity contribution in [3.05, 3.63) is 59.2 Å². The first-order valence-corrected chi connectivity index (χ1v) is 7.34. The second kappa shape index (κ2) is 4.87. The summed E-state index contributed by atoms with van der Waals surface area (Å²) in [7, 11) is -4.26. The van der Waals surface area contributed by atoms with E-state index in [0.717, 1.165) is 12.1 Å². The maximum Gasteiger partial charge on any atom is 0.264 e. The largest absolute Gasteiger partial charge is 0.338 e. The van der Waals surface area contributed by atoms with Gasteiger partial charge >= 0.3 is 0 Å². The molecular formula is C14H13F2O2P. The molecule has 19 heavy (non-hydrogen) atoms. The van der Waals surface area contributed by atoms with Gasteiger partial charge in [0.1, 0.15) is 11.6 Å². The Morgan fingerprint density at radius 2 is 1.26 bits per heavy atom. The van der Waals surface area contributed by atoms with E-state index in [9.17, 15) is 18.2 Å². The molecule has 0 aliphatic heterocycles. The van der Waals surface area contributed by atoms with Crippen LogP contribution in [-0.4, -0.2) is 4.89 Å². The van der Waals surface area contributed by atoms with Gasteiger partial charge in [-0.1, -0.05) is 12.1 Å². The molecular weight excluding hydrogens is 269 g/mol. The first kappa shape index (κ1) is 13.9. The number of aryl methyl sites for hydroxylation is 2.